The molecule has 78 heavy (non-hydrogen) atoms. The van der Waals surface area contributed by atoms with Crippen LogP contribution in [0.2, 0.25) is 0 Å². The van der Waals surface area contributed by atoms with Crippen LogP contribution in [0.25, 0.3) is 10.4 Å². The first-order chi connectivity index (χ1) is 37.7. The lowest BCUT2D eigenvalue weighted by molar-refractivity contribution is -0.291. The van der Waals surface area contributed by atoms with Gasteiger partial charge in [0.05, 0.1) is 44.1 Å². The van der Waals surface area contributed by atoms with E-state index in [9.17, 15) is 34.5 Å². The lowest BCUT2D eigenvalue weighted by atomic mass is 9.73. The van der Waals surface area contributed by atoms with Gasteiger partial charge < -0.3 is 73.9 Å². The van der Waals surface area contributed by atoms with Crippen molar-refractivity contribution in [3.8, 4) is 0 Å². The summed E-state index contributed by atoms with van der Waals surface area (Å²) in [5.74, 6) is -3.15. The van der Waals surface area contributed by atoms with Crippen LogP contribution in [0.1, 0.15) is 56.7 Å². The zero-order valence-corrected chi connectivity index (χ0v) is 43.5. The number of Topliss-reactive ketones (excluding diaryl/α,β-unsaturated/α-hetero) is 1. The van der Waals surface area contributed by atoms with Crippen molar-refractivity contribution in [2.45, 2.75) is 146 Å². The van der Waals surface area contributed by atoms with Crippen molar-refractivity contribution in [2.24, 2.45) is 22.9 Å². The molecule has 23 heteroatoms. The van der Waals surface area contributed by atoms with Gasteiger partial charge in [0.1, 0.15) is 68.3 Å². The molecule has 0 spiro atoms. The lowest BCUT2D eigenvalue weighted by Gasteiger charge is -2.46. The Morgan fingerprint density at radius 2 is 1.21 bits per heavy atom. The van der Waals surface area contributed by atoms with Crippen molar-refractivity contribution in [2.75, 3.05) is 19.7 Å². The number of azide groups is 1. The average molecular weight is 1090 g/mol. The Morgan fingerprint density at radius 1 is 0.705 bits per heavy atom. The Labute approximate surface area is 451 Å². The molecule has 0 radical (unpaired) electrons. The number of nitrogens with zero attached hydrogens (tertiary/aromatic N) is 3. The minimum Gasteiger partial charge on any atom is -0.445 e. The zero-order valence-electron chi connectivity index (χ0n) is 43.5. The number of aliphatic hydroxyl groups is 3. The second-order valence-electron chi connectivity index (χ2n) is 19.5. The summed E-state index contributed by atoms with van der Waals surface area (Å²) < 4.78 is 69.7. The van der Waals surface area contributed by atoms with E-state index >= 15 is 4.39 Å². The van der Waals surface area contributed by atoms with Gasteiger partial charge in [0.25, 0.3) is 0 Å². The van der Waals surface area contributed by atoms with Gasteiger partial charge in [0, 0.05) is 17.3 Å². The third-order valence-corrected chi connectivity index (χ3v) is 13.9. The molecule has 0 unspecified atom stereocenters. The molecule has 0 aromatic heterocycles. The summed E-state index contributed by atoms with van der Waals surface area (Å²) in [5.41, 5.74) is 11.0. The number of nitrogens with one attached hydrogen (secondary N) is 3. The van der Waals surface area contributed by atoms with Crippen molar-refractivity contribution in [1.82, 2.24) is 16.0 Å². The Kier molecular flexibility index (Phi) is 22.4. The van der Waals surface area contributed by atoms with Gasteiger partial charge in [-0.15, -0.1) is 0 Å². The van der Waals surface area contributed by atoms with Crippen LogP contribution >= 0.6 is 0 Å². The molecule has 3 heterocycles. The normalized spacial score (nSPS) is 30.2. The molecule has 22 nitrogen and oxygen atoms in total. The van der Waals surface area contributed by atoms with Gasteiger partial charge >= 0.3 is 18.3 Å². The number of alkyl carbamates (subject to hydrolysis) is 3. The number of hydrogen-bond acceptors (Lipinski definition) is 17. The first kappa shape index (κ1) is 59.2. The van der Waals surface area contributed by atoms with E-state index in [1.54, 1.807) is 79.8 Å². The number of carbonyl (C=O) groups excluding carboxylic acids is 4. The zero-order chi connectivity index (χ0) is 55.6. The summed E-state index contributed by atoms with van der Waals surface area (Å²) in [4.78, 5) is 55.3. The van der Waals surface area contributed by atoms with E-state index in [-0.39, 0.29) is 39.2 Å². The molecule has 422 valence electrons. The van der Waals surface area contributed by atoms with Crippen molar-refractivity contribution < 1.29 is 81.5 Å². The van der Waals surface area contributed by atoms with Gasteiger partial charge in [-0.1, -0.05) is 141 Å². The molecule has 0 bridgehead atoms. The molecule has 4 aliphatic rings. The number of ether oxygens (including phenoxy) is 9. The average Bonchev–Trinajstić information content (AvgIpc) is 3.85. The molecule has 3 aliphatic heterocycles. The number of alkyl halides is 1. The van der Waals surface area contributed by atoms with Crippen molar-refractivity contribution in [3.63, 3.8) is 0 Å². The minimum atomic E-state index is -1.79. The van der Waals surface area contributed by atoms with Crippen LogP contribution in [-0.4, -0.2) is 145 Å². The fourth-order valence-corrected chi connectivity index (χ4v) is 9.47. The van der Waals surface area contributed by atoms with Gasteiger partial charge in [0.2, 0.25) is 0 Å². The SMILES string of the molecule is CC[C@@H]1C=C[C@@H](NC(=O)OCc2ccccc2)[C@@H](O[C@H]2[C@H](O[C@@H]3O[C@H](CO)[C@@H](O[C@H]4O[C@@H](CNC(=O)OCc5ccccc5)C=C[C@H]4NC(=O)OCc4ccccc4)[C@H]3O)[C@@H](O)[C@H](CC(=O)[C@@H](C)[C@H](F)CN=[N+]=[N-])C[C@@H]2C)O1. The van der Waals surface area contributed by atoms with Crippen molar-refractivity contribution in [1.29, 1.82) is 0 Å². The topological polar surface area (TPSA) is 297 Å². The van der Waals surface area contributed by atoms with Gasteiger partial charge in [-0.2, -0.15) is 0 Å². The summed E-state index contributed by atoms with van der Waals surface area (Å²) >= 11 is 0. The monoisotopic (exact) mass is 1090 g/mol. The van der Waals surface area contributed by atoms with Gasteiger partial charge in [0.15, 0.2) is 18.9 Å². The summed E-state index contributed by atoms with van der Waals surface area (Å²) in [6.07, 6.45) is -11.3. The van der Waals surface area contributed by atoms with Crippen LogP contribution in [0.4, 0.5) is 18.8 Å². The summed E-state index contributed by atoms with van der Waals surface area (Å²) in [6, 6.07) is 25.1. The molecule has 1 saturated carbocycles. The lowest BCUT2D eigenvalue weighted by Crippen LogP contribution is -2.58. The summed E-state index contributed by atoms with van der Waals surface area (Å²) in [5, 5.41) is 46.5. The minimum absolute atomic E-state index is 0.0122. The Morgan fingerprint density at radius 3 is 1.73 bits per heavy atom. The van der Waals surface area contributed by atoms with Crippen LogP contribution in [0.3, 0.4) is 0 Å². The molecule has 6 N–H and O–H groups in total. The summed E-state index contributed by atoms with van der Waals surface area (Å²) in [7, 11) is 0. The smallest absolute Gasteiger partial charge is 0.408 e. The van der Waals surface area contributed by atoms with Gasteiger partial charge in [-0.3, -0.25) is 4.79 Å². The highest BCUT2D eigenvalue weighted by atomic mass is 19.1. The van der Waals surface area contributed by atoms with Crippen molar-refractivity contribution in [3.05, 3.63) is 142 Å². The highest BCUT2D eigenvalue weighted by Crippen LogP contribution is 2.40. The molecule has 2 fully saturated rings. The molecule has 1 aliphatic carbocycles. The second-order valence-corrected chi connectivity index (χ2v) is 19.5. The largest absolute Gasteiger partial charge is 0.445 e. The Hall–Kier alpha value is -6.50. The third kappa shape index (κ3) is 16.8. The van der Waals surface area contributed by atoms with E-state index in [2.05, 4.69) is 26.0 Å². The van der Waals surface area contributed by atoms with Crippen LogP contribution in [-0.2, 0) is 67.2 Å². The van der Waals surface area contributed by atoms with E-state index in [0.29, 0.717) is 6.42 Å². The standard InChI is InChI=1S/C55H69FN6O16/c1-4-38-20-22-41(60-54(68)71-30-35-16-10-6-11-17-35)50(73-38)76-47-32(2)24-37(25-43(64)33(3)40(56)27-59-62-57)45(65)49(47)78-52-46(66)48(44(28-63)75-52)77-51-42(61-55(69)72-31-36-18-12-7-13-19-36)23-21-39(74-51)26-58-53(67)70-29-34-14-8-5-9-15-34/h5-23,32-33,37-42,44-52,63,65-66H,4,24-31H2,1-3H3,(H,58,67)(H,60,68)(H,61,69)/t32-,33-,37-,38+,39+,40+,41+,42+,44+,45-,46+,47+,48+,49+,50+,51+,52-/m0/s1. The molecular formula is C55H69FN6O16. The number of amides is 3. The predicted octanol–water partition coefficient (Wildman–Crippen LogP) is 5.97. The molecule has 1 saturated heterocycles. The highest BCUT2D eigenvalue weighted by molar-refractivity contribution is 5.81. The fraction of sp³-hybridized carbons (Fsp3) is 0.527. The van der Waals surface area contributed by atoms with E-state index in [1.165, 1.54) is 6.92 Å². The Bertz CT molecular complexity index is 2500. The molecule has 7 rings (SSSR count). The van der Waals surface area contributed by atoms with E-state index in [0.717, 1.165) is 16.7 Å². The van der Waals surface area contributed by atoms with Crippen LogP contribution < -0.4 is 16.0 Å². The van der Waals surface area contributed by atoms with Gasteiger partial charge in [-0.05, 0) is 46.9 Å². The van der Waals surface area contributed by atoms with E-state index in [1.807, 2.05) is 49.4 Å². The first-order valence-electron chi connectivity index (χ1n) is 26.1. The Balaban J connectivity index is 1.09. The first-order valence-corrected chi connectivity index (χ1v) is 26.1. The van der Waals surface area contributed by atoms with Crippen LogP contribution in [0.15, 0.2) is 120 Å². The molecule has 17 atom stereocenters. The molecule has 3 aromatic rings. The number of carbonyl (C=O) groups is 4. The fourth-order valence-electron chi connectivity index (χ4n) is 9.47. The van der Waals surface area contributed by atoms with Crippen LogP contribution in [0, 0.1) is 17.8 Å². The third-order valence-electron chi connectivity index (χ3n) is 13.9. The number of benzene rings is 3. The maximum absolute atomic E-state index is 15.0. The number of aliphatic hydroxyl groups excluding tert-OH is 3. The van der Waals surface area contributed by atoms with Crippen LogP contribution in [0.5, 0.6) is 0 Å². The second kappa shape index (κ2) is 29.5. The maximum atomic E-state index is 15.0. The molecule has 3 aromatic carbocycles. The predicted molar refractivity (Wildman–Crippen MR) is 275 cm³/mol. The number of rotatable bonds is 24. The molecule has 3 amide bonds. The quantitative estimate of drug-likeness (QED) is 0.0198. The molecular weight excluding hydrogens is 1020 g/mol. The summed E-state index contributed by atoms with van der Waals surface area (Å²) in [6.45, 7) is 3.57. The number of halogens is 1. The maximum Gasteiger partial charge on any atom is 0.408 e. The van der Waals surface area contributed by atoms with Crippen molar-refractivity contribution >= 4 is 24.1 Å². The van der Waals surface area contributed by atoms with Gasteiger partial charge in [-0.25, -0.2) is 18.8 Å². The number of hydrogen-bond donors (Lipinski definition) is 6. The van der Waals surface area contributed by atoms with E-state index in [4.69, 9.17) is 48.2 Å². The van der Waals surface area contributed by atoms with E-state index < -0.39 is 141 Å². The number of ketones is 1. The highest BCUT2D eigenvalue weighted by Gasteiger charge is 2.53.